The molecule has 1 saturated carbocycles. The van der Waals surface area contributed by atoms with Crippen molar-refractivity contribution in [1.82, 2.24) is 0 Å². The van der Waals surface area contributed by atoms with Crippen molar-refractivity contribution in [3.8, 4) is 0 Å². The lowest BCUT2D eigenvalue weighted by Crippen LogP contribution is -1.93. The lowest BCUT2D eigenvalue weighted by Gasteiger charge is -1.97. The van der Waals surface area contributed by atoms with Gasteiger partial charge in [0, 0.05) is 18.1 Å². The van der Waals surface area contributed by atoms with Crippen LogP contribution in [0.4, 0.5) is 5.69 Å². The van der Waals surface area contributed by atoms with Gasteiger partial charge in [-0.3, -0.25) is 14.9 Å². The largest absolute Gasteiger partial charge is 0.299 e. The number of rotatable bonds is 2. The lowest BCUT2D eigenvalue weighted by molar-refractivity contribution is -0.385. The van der Waals surface area contributed by atoms with E-state index in [-0.39, 0.29) is 17.4 Å². The number of hydrogen-bond donors (Lipinski definition) is 0. The number of ketones is 1. The standard InChI is InChI=1S/C9H7NO3/c11-9-5-7(9)6-3-1-2-4-8(6)10(12)13/h1-4,7H,5H2. The van der Waals surface area contributed by atoms with Gasteiger partial charge in [0.25, 0.3) is 5.69 Å². The predicted octanol–water partition coefficient (Wildman–Crippen LogP) is 1.65. The Morgan fingerprint density at radius 2 is 2.00 bits per heavy atom. The van der Waals surface area contributed by atoms with E-state index >= 15 is 0 Å². The number of nitro groups is 1. The Morgan fingerprint density at radius 1 is 1.38 bits per heavy atom. The molecule has 1 fully saturated rings. The molecule has 0 bridgehead atoms. The third-order valence-corrected chi connectivity index (χ3v) is 2.14. The molecule has 0 radical (unpaired) electrons. The van der Waals surface area contributed by atoms with Crippen LogP contribution in [0.3, 0.4) is 0 Å². The average molecular weight is 177 g/mol. The number of nitrogens with zero attached hydrogens (tertiary/aromatic N) is 1. The van der Waals surface area contributed by atoms with Gasteiger partial charge >= 0.3 is 0 Å². The predicted molar refractivity (Wildman–Crippen MR) is 45.5 cm³/mol. The molecule has 4 nitrogen and oxygen atoms in total. The van der Waals surface area contributed by atoms with Crippen molar-refractivity contribution in [2.24, 2.45) is 0 Å². The monoisotopic (exact) mass is 177 g/mol. The Kier molecular flexibility index (Phi) is 1.62. The summed E-state index contributed by atoms with van der Waals surface area (Å²) in [5.74, 6) is -0.129. The average Bonchev–Trinajstić information content (AvgIpc) is 2.82. The molecule has 1 aliphatic rings. The first-order valence-corrected chi connectivity index (χ1v) is 3.96. The van der Waals surface area contributed by atoms with Crippen molar-refractivity contribution in [3.05, 3.63) is 39.9 Å². The second kappa shape index (κ2) is 2.65. The molecule has 2 rings (SSSR count). The second-order valence-electron chi connectivity index (χ2n) is 3.04. The lowest BCUT2D eigenvalue weighted by atomic mass is 10.1. The SMILES string of the molecule is O=C1CC1c1ccccc1[N+](=O)[O-]. The molecule has 1 aromatic carbocycles. The zero-order valence-corrected chi connectivity index (χ0v) is 6.77. The smallest absolute Gasteiger partial charge is 0.273 e. The highest BCUT2D eigenvalue weighted by Crippen LogP contribution is 2.40. The van der Waals surface area contributed by atoms with Gasteiger partial charge in [-0.05, 0) is 0 Å². The van der Waals surface area contributed by atoms with E-state index in [9.17, 15) is 14.9 Å². The van der Waals surface area contributed by atoms with E-state index in [1.165, 1.54) is 6.07 Å². The van der Waals surface area contributed by atoms with Gasteiger partial charge in [-0.2, -0.15) is 0 Å². The van der Waals surface area contributed by atoms with Crippen LogP contribution < -0.4 is 0 Å². The topological polar surface area (TPSA) is 60.2 Å². The van der Waals surface area contributed by atoms with Gasteiger partial charge in [0.1, 0.15) is 5.78 Å². The molecule has 0 N–H and O–H groups in total. The fourth-order valence-corrected chi connectivity index (χ4v) is 1.37. The first-order valence-electron chi connectivity index (χ1n) is 3.96. The van der Waals surface area contributed by atoms with Crippen molar-refractivity contribution in [1.29, 1.82) is 0 Å². The molecule has 0 saturated heterocycles. The maximum absolute atomic E-state index is 10.8. The molecule has 0 aliphatic heterocycles. The fraction of sp³-hybridized carbons (Fsp3) is 0.222. The van der Waals surface area contributed by atoms with Crippen molar-refractivity contribution in [3.63, 3.8) is 0 Å². The number of hydrogen-bond acceptors (Lipinski definition) is 3. The maximum Gasteiger partial charge on any atom is 0.273 e. The summed E-state index contributed by atoms with van der Waals surface area (Å²) in [6.45, 7) is 0. The number of benzene rings is 1. The summed E-state index contributed by atoms with van der Waals surface area (Å²) in [4.78, 5) is 21.0. The summed E-state index contributed by atoms with van der Waals surface area (Å²) in [6.07, 6.45) is 0.449. The molecule has 1 unspecified atom stereocenters. The van der Waals surface area contributed by atoms with Gasteiger partial charge in [-0.15, -0.1) is 0 Å². The van der Waals surface area contributed by atoms with Crippen LogP contribution in [0, 0.1) is 10.1 Å². The molecular formula is C9H7NO3. The summed E-state index contributed by atoms with van der Waals surface area (Å²) in [7, 11) is 0. The van der Waals surface area contributed by atoms with Gasteiger partial charge in [-0.1, -0.05) is 18.2 Å². The molecule has 13 heavy (non-hydrogen) atoms. The van der Waals surface area contributed by atoms with Crippen LogP contribution in [0.15, 0.2) is 24.3 Å². The summed E-state index contributed by atoms with van der Waals surface area (Å²) >= 11 is 0. The van der Waals surface area contributed by atoms with Crippen LogP contribution in [0.25, 0.3) is 0 Å². The van der Waals surface area contributed by atoms with E-state index in [4.69, 9.17) is 0 Å². The summed E-state index contributed by atoms with van der Waals surface area (Å²) in [5, 5.41) is 10.6. The van der Waals surface area contributed by atoms with E-state index < -0.39 is 4.92 Å². The van der Waals surface area contributed by atoms with E-state index in [2.05, 4.69) is 0 Å². The molecular weight excluding hydrogens is 170 g/mol. The summed E-state index contributed by atoms with van der Waals surface area (Å²) in [5.41, 5.74) is 0.607. The van der Waals surface area contributed by atoms with Crippen LogP contribution in [0.2, 0.25) is 0 Å². The minimum Gasteiger partial charge on any atom is -0.299 e. The van der Waals surface area contributed by atoms with Gasteiger partial charge in [0.15, 0.2) is 0 Å². The van der Waals surface area contributed by atoms with Crippen molar-refractivity contribution in [2.75, 3.05) is 0 Å². The van der Waals surface area contributed by atoms with E-state index in [1.807, 2.05) is 0 Å². The first kappa shape index (κ1) is 7.91. The third-order valence-electron chi connectivity index (χ3n) is 2.14. The zero-order chi connectivity index (χ0) is 9.42. The molecule has 0 spiro atoms. The van der Waals surface area contributed by atoms with Crippen molar-refractivity contribution < 1.29 is 9.72 Å². The minimum absolute atomic E-state index is 0.0540. The highest BCUT2D eigenvalue weighted by Gasteiger charge is 2.39. The quantitative estimate of drug-likeness (QED) is 0.509. The van der Waals surface area contributed by atoms with E-state index in [0.29, 0.717) is 12.0 Å². The number of nitro benzene ring substituents is 1. The number of carbonyl (C=O) groups is 1. The molecule has 0 heterocycles. The maximum atomic E-state index is 10.8. The molecule has 66 valence electrons. The highest BCUT2D eigenvalue weighted by atomic mass is 16.6. The summed E-state index contributed by atoms with van der Waals surface area (Å²) in [6, 6.07) is 6.40. The molecule has 0 aromatic heterocycles. The van der Waals surface area contributed by atoms with Crippen LogP contribution >= 0.6 is 0 Å². The molecule has 1 aliphatic carbocycles. The normalized spacial score (nSPS) is 20.0. The van der Waals surface area contributed by atoms with E-state index in [0.717, 1.165) is 0 Å². The van der Waals surface area contributed by atoms with Crippen LogP contribution in [-0.2, 0) is 4.79 Å². The van der Waals surface area contributed by atoms with Crippen LogP contribution in [0.5, 0.6) is 0 Å². The summed E-state index contributed by atoms with van der Waals surface area (Å²) < 4.78 is 0. The molecule has 0 amide bonds. The Hall–Kier alpha value is -1.71. The fourth-order valence-electron chi connectivity index (χ4n) is 1.37. The van der Waals surface area contributed by atoms with Gasteiger partial charge in [-0.25, -0.2) is 0 Å². The molecule has 1 atom stereocenters. The number of Topliss-reactive ketones (excluding diaryl/α,β-unsaturated/α-hetero) is 1. The van der Waals surface area contributed by atoms with Gasteiger partial charge in [0.05, 0.1) is 10.8 Å². The van der Waals surface area contributed by atoms with Crippen molar-refractivity contribution in [2.45, 2.75) is 12.3 Å². The Labute approximate surface area is 74.3 Å². The molecule has 1 aromatic rings. The van der Waals surface area contributed by atoms with Crippen LogP contribution in [-0.4, -0.2) is 10.7 Å². The van der Waals surface area contributed by atoms with Gasteiger partial charge in [0.2, 0.25) is 0 Å². The number of carbonyl (C=O) groups excluding carboxylic acids is 1. The Bertz CT molecular complexity index is 386. The van der Waals surface area contributed by atoms with Gasteiger partial charge < -0.3 is 0 Å². The van der Waals surface area contributed by atoms with Crippen molar-refractivity contribution >= 4 is 11.5 Å². The Balaban J connectivity index is 2.44. The number of para-hydroxylation sites is 1. The van der Waals surface area contributed by atoms with Crippen LogP contribution in [0.1, 0.15) is 17.9 Å². The first-order chi connectivity index (χ1) is 6.20. The third kappa shape index (κ3) is 1.30. The Morgan fingerprint density at radius 3 is 2.54 bits per heavy atom. The van der Waals surface area contributed by atoms with E-state index in [1.54, 1.807) is 18.2 Å². The minimum atomic E-state index is -0.444. The second-order valence-corrected chi connectivity index (χ2v) is 3.04. The highest BCUT2D eigenvalue weighted by molar-refractivity contribution is 6.02. The zero-order valence-electron chi connectivity index (χ0n) is 6.77. The molecule has 4 heteroatoms.